The van der Waals surface area contributed by atoms with Crippen molar-refractivity contribution in [3.63, 3.8) is 0 Å². The molecule has 3 aromatic rings. The lowest BCUT2D eigenvalue weighted by molar-refractivity contribution is 0.102. The smallest absolute Gasteiger partial charge is 0.255 e. The lowest BCUT2D eigenvalue weighted by Gasteiger charge is -2.09. The van der Waals surface area contributed by atoms with Crippen molar-refractivity contribution in [2.45, 2.75) is 18.4 Å². The molecule has 1 amide bonds. The Morgan fingerprint density at radius 3 is 2.30 bits per heavy atom. The van der Waals surface area contributed by atoms with E-state index in [0.717, 1.165) is 16.8 Å². The van der Waals surface area contributed by atoms with E-state index < -0.39 is 10.0 Å². The zero-order chi connectivity index (χ0) is 19.3. The summed E-state index contributed by atoms with van der Waals surface area (Å²) in [4.78, 5) is 16.4. The maximum Gasteiger partial charge on any atom is 0.255 e. The number of nitrogens with zero attached hydrogens (tertiary/aromatic N) is 1. The average molecular weight is 381 g/mol. The van der Waals surface area contributed by atoms with Gasteiger partial charge in [-0.15, -0.1) is 0 Å². The van der Waals surface area contributed by atoms with Gasteiger partial charge in [-0.1, -0.05) is 18.2 Å². The fraction of sp³-hybridized carbons (Fsp3) is 0.100. The number of rotatable bonds is 6. The molecule has 0 aliphatic carbocycles. The molecule has 6 nitrogen and oxygen atoms in total. The van der Waals surface area contributed by atoms with Crippen molar-refractivity contribution in [3.05, 3.63) is 89.7 Å². The average Bonchev–Trinajstić information content (AvgIpc) is 2.69. The molecular weight excluding hydrogens is 362 g/mol. The fourth-order valence-electron chi connectivity index (χ4n) is 2.46. The molecule has 0 saturated heterocycles. The maximum atomic E-state index is 12.4. The summed E-state index contributed by atoms with van der Waals surface area (Å²) in [5.41, 5.74) is 2.86. The molecule has 1 heterocycles. The molecule has 2 N–H and O–H groups in total. The van der Waals surface area contributed by atoms with Crippen LogP contribution in [0.3, 0.4) is 0 Å². The topological polar surface area (TPSA) is 88.2 Å². The number of hydrogen-bond acceptors (Lipinski definition) is 4. The van der Waals surface area contributed by atoms with E-state index in [-0.39, 0.29) is 17.3 Å². The lowest BCUT2D eigenvalue weighted by Crippen LogP contribution is -2.23. The van der Waals surface area contributed by atoms with Crippen LogP contribution in [0.25, 0.3) is 0 Å². The Labute approximate surface area is 158 Å². The molecule has 0 bridgehead atoms. The van der Waals surface area contributed by atoms with E-state index >= 15 is 0 Å². The zero-order valence-electron chi connectivity index (χ0n) is 14.7. The van der Waals surface area contributed by atoms with Crippen LogP contribution in [0.15, 0.2) is 78.0 Å². The van der Waals surface area contributed by atoms with Crippen molar-refractivity contribution in [3.8, 4) is 0 Å². The number of amides is 1. The van der Waals surface area contributed by atoms with E-state index in [9.17, 15) is 13.2 Å². The van der Waals surface area contributed by atoms with Crippen LogP contribution in [0.2, 0.25) is 0 Å². The van der Waals surface area contributed by atoms with Gasteiger partial charge >= 0.3 is 0 Å². The molecule has 3 rings (SSSR count). The highest BCUT2D eigenvalue weighted by Crippen LogP contribution is 2.16. The summed E-state index contributed by atoms with van der Waals surface area (Å²) >= 11 is 0. The third-order valence-electron chi connectivity index (χ3n) is 4.04. The van der Waals surface area contributed by atoms with Gasteiger partial charge in [0.2, 0.25) is 10.0 Å². The monoisotopic (exact) mass is 381 g/mol. The van der Waals surface area contributed by atoms with Crippen LogP contribution in [-0.2, 0) is 16.6 Å². The number of anilines is 1. The SMILES string of the molecule is Cc1ccccc1NC(=O)c1ccc(S(=O)(=O)NCc2ccncc2)cc1. The van der Waals surface area contributed by atoms with E-state index in [4.69, 9.17) is 0 Å². The first-order valence-electron chi connectivity index (χ1n) is 8.31. The summed E-state index contributed by atoms with van der Waals surface area (Å²) in [6.45, 7) is 2.07. The highest BCUT2D eigenvalue weighted by atomic mass is 32.2. The summed E-state index contributed by atoms with van der Waals surface area (Å²) in [5, 5.41) is 2.82. The normalized spacial score (nSPS) is 11.1. The molecule has 0 saturated carbocycles. The first kappa shape index (κ1) is 18.8. The van der Waals surface area contributed by atoms with E-state index in [1.54, 1.807) is 24.5 Å². The van der Waals surface area contributed by atoms with Gasteiger partial charge in [-0.2, -0.15) is 0 Å². The molecular formula is C20H19N3O3S. The van der Waals surface area contributed by atoms with Crippen LogP contribution >= 0.6 is 0 Å². The quantitative estimate of drug-likeness (QED) is 0.687. The number of benzene rings is 2. The van der Waals surface area contributed by atoms with Crippen LogP contribution < -0.4 is 10.0 Å². The van der Waals surface area contributed by atoms with Crippen LogP contribution in [0, 0.1) is 6.92 Å². The largest absolute Gasteiger partial charge is 0.322 e. The molecule has 0 unspecified atom stereocenters. The second-order valence-corrected chi connectivity index (χ2v) is 7.74. The van der Waals surface area contributed by atoms with Gasteiger partial charge in [-0.3, -0.25) is 9.78 Å². The van der Waals surface area contributed by atoms with E-state index in [1.807, 2.05) is 31.2 Å². The molecule has 27 heavy (non-hydrogen) atoms. The summed E-state index contributed by atoms with van der Waals surface area (Å²) in [7, 11) is -3.67. The van der Waals surface area contributed by atoms with Gasteiger partial charge in [0.15, 0.2) is 0 Å². The van der Waals surface area contributed by atoms with Gasteiger partial charge < -0.3 is 5.32 Å². The number of carbonyl (C=O) groups is 1. The summed E-state index contributed by atoms with van der Waals surface area (Å²) in [6.07, 6.45) is 3.21. The number of pyridine rings is 1. The second kappa shape index (κ2) is 8.11. The van der Waals surface area contributed by atoms with Gasteiger partial charge in [0.05, 0.1) is 4.90 Å². The Kier molecular flexibility index (Phi) is 5.63. The highest BCUT2D eigenvalue weighted by Gasteiger charge is 2.15. The van der Waals surface area contributed by atoms with Gasteiger partial charge in [0, 0.05) is 30.2 Å². The second-order valence-electron chi connectivity index (χ2n) is 5.97. The maximum absolute atomic E-state index is 12.4. The molecule has 0 radical (unpaired) electrons. The molecule has 138 valence electrons. The van der Waals surface area contributed by atoms with Crippen molar-refractivity contribution < 1.29 is 13.2 Å². The number of aryl methyl sites for hydroxylation is 1. The van der Waals surface area contributed by atoms with Crippen molar-refractivity contribution in [2.24, 2.45) is 0 Å². The number of aromatic nitrogens is 1. The fourth-order valence-corrected chi connectivity index (χ4v) is 3.47. The summed E-state index contributed by atoms with van der Waals surface area (Å²) < 4.78 is 27.3. The molecule has 0 atom stereocenters. The van der Waals surface area contributed by atoms with Crippen LogP contribution in [0.1, 0.15) is 21.5 Å². The van der Waals surface area contributed by atoms with Gasteiger partial charge in [-0.25, -0.2) is 13.1 Å². The molecule has 7 heteroatoms. The van der Waals surface area contributed by atoms with Crippen molar-refractivity contribution in [1.29, 1.82) is 0 Å². The van der Waals surface area contributed by atoms with Crippen LogP contribution in [0.5, 0.6) is 0 Å². The number of sulfonamides is 1. The molecule has 0 fully saturated rings. The predicted octanol–water partition coefficient (Wildman–Crippen LogP) is 3.12. The lowest BCUT2D eigenvalue weighted by atomic mass is 10.1. The summed E-state index contributed by atoms with van der Waals surface area (Å²) in [5.74, 6) is -0.294. The Balaban J connectivity index is 1.68. The molecule has 1 aromatic heterocycles. The first-order valence-corrected chi connectivity index (χ1v) is 9.80. The Morgan fingerprint density at radius 2 is 1.63 bits per heavy atom. The molecule has 0 spiro atoms. The van der Waals surface area contributed by atoms with Crippen LogP contribution in [-0.4, -0.2) is 19.3 Å². The minimum Gasteiger partial charge on any atom is -0.322 e. The van der Waals surface area contributed by atoms with E-state index in [2.05, 4.69) is 15.0 Å². The van der Waals surface area contributed by atoms with E-state index in [1.165, 1.54) is 24.3 Å². The third-order valence-corrected chi connectivity index (χ3v) is 5.45. The predicted molar refractivity (Wildman–Crippen MR) is 104 cm³/mol. The summed E-state index contributed by atoms with van der Waals surface area (Å²) in [6, 6.07) is 16.8. The molecule has 0 aliphatic rings. The van der Waals surface area contributed by atoms with Gasteiger partial charge in [0.25, 0.3) is 5.91 Å². The Morgan fingerprint density at radius 1 is 0.963 bits per heavy atom. The highest BCUT2D eigenvalue weighted by molar-refractivity contribution is 7.89. The molecule has 2 aromatic carbocycles. The van der Waals surface area contributed by atoms with Crippen molar-refractivity contribution in [1.82, 2.24) is 9.71 Å². The Bertz CT molecular complexity index is 1030. The number of nitrogens with one attached hydrogen (secondary N) is 2. The van der Waals surface area contributed by atoms with Crippen molar-refractivity contribution in [2.75, 3.05) is 5.32 Å². The first-order chi connectivity index (χ1) is 13.0. The van der Waals surface area contributed by atoms with Crippen LogP contribution in [0.4, 0.5) is 5.69 Å². The van der Waals surface area contributed by atoms with E-state index in [0.29, 0.717) is 5.56 Å². The number of carbonyl (C=O) groups excluding carboxylic acids is 1. The minimum atomic E-state index is -3.67. The Hall–Kier alpha value is -3.03. The number of para-hydroxylation sites is 1. The third kappa shape index (κ3) is 4.78. The number of hydrogen-bond donors (Lipinski definition) is 2. The standard InChI is InChI=1S/C20H19N3O3S/c1-15-4-2-3-5-19(15)23-20(24)17-6-8-18(9-7-17)27(25,26)22-14-16-10-12-21-13-11-16/h2-13,22H,14H2,1H3,(H,23,24). The minimum absolute atomic E-state index is 0.101. The molecule has 0 aliphatic heterocycles. The van der Waals surface area contributed by atoms with Crippen molar-refractivity contribution >= 4 is 21.6 Å². The van der Waals surface area contributed by atoms with Gasteiger partial charge in [0.1, 0.15) is 0 Å². The zero-order valence-corrected chi connectivity index (χ0v) is 15.5. The van der Waals surface area contributed by atoms with Gasteiger partial charge in [-0.05, 0) is 60.5 Å².